The van der Waals surface area contributed by atoms with Gasteiger partial charge in [-0.25, -0.2) is 9.78 Å². The highest BCUT2D eigenvalue weighted by molar-refractivity contribution is 6.32. The van der Waals surface area contributed by atoms with Crippen LogP contribution in [0.5, 0.6) is 5.75 Å². The van der Waals surface area contributed by atoms with Crippen molar-refractivity contribution < 1.29 is 9.90 Å². The van der Waals surface area contributed by atoms with Crippen molar-refractivity contribution in [2.24, 2.45) is 0 Å². The standard InChI is InChI=1S/C16H14ClN5O2/c17-12-7-11(4-5-14(12)23)21-16(24)20-10-3-1-2-9(6-10)13-8-19-15(18)22-13/h1-8,23H,(H3,18,19,22)(H2,20,21,24). The van der Waals surface area contributed by atoms with Gasteiger partial charge in [-0.2, -0.15) is 0 Å². The van der Waals surface area contributed by atoms with Crippen LogP contribution in [0.3, 0.4) is 0 Å². The molecule has 0 spiro atoms. The summed E-state index contributed by atoms with van der Waals surface area (Å²) in [4.78, 5) is 18.9. The Morgan fingerprint density at radius 1 is 1.17 bits per heavy atom. The maximum atomic E-state index is 12.1. The predicted octanol–water partition coefficient (Wildman–Crippen LogP) is 3.66. The molecule has 0 saturated carbocycles. The van der Waals surface area contributed by atoms with Gasteiger partial charge in [-0.05, 0) is 30.3 Å². The minimum atomic E-state index is -0.432. The molecule has 2 aromatic carbocycles. The zero-order valence-electron chi connectivity index (χ0n) is 12.4. The van der Waals surface area contributed by atoms with Crippen molar-refractivity contribution in [1.29, 1.82) is 0 Å². The van der Waals surface area contributed by atoms with Gasteiger partial charge in [0.05, 0.1) is 16.9 Å². The van der Waals surface area contributed by atoms with Crippen LogP contribution in [-0.4, -0.2) is 21.1 Å². The summed E-state index contributed by atoms with van der Waals surface area (Å²) in [6.07, 6.45) is 1.62. The Morgan fingerprint density at radius 2 is 1.92 bits per heavy atom. The van der Waals surface area contributed by atoms with Crippen molar-refractivity contribution in [2.75, 3.05) is 16.4 Å². The summed E-state index contributed by atoms with van der Waals surface area (Å²) in [6.45, 7) is 0. The first kappa shape index (κ1) is 15.7. The number of imidazole rings is 1. The van der Waals surface area contributed by atoms with Gasteiger partial charge in [-0.1, -0.05) is 23.7 Å². The van der Waals surface area contributed by atoms with Crippen LogP contribution in [-0.2, 0) is 0 Å². The first-order valence-corrected chi connectivity index (χ1v) is 7.36. The minimum Gasteiger partial charge on any atom is -0.506 e. The van der Waals surface area contributed by atoms with Crippen LogP contribution < -0.4 is 16.4 Å². The molecule has 0 fully saturated rings. The number of nitrogen functional groups attached to an aromatic ring is 1. The van der Waals surface area contributed by atoms with Gasteiger partial charge in [0.1, 0.15) is 5.75 Å². The number of nitrogens with one attached hydrogen (secondary N) is 3. The number of H-pyrrole nitrogens is 1. The fourth-order valence-corrected chi connectivity index (χ4v) is 2.31. The zero-order valence-corrected chi connectivity index (χ0v) is 13.1. The second-order valence-electron chi connectivity index (χ2n) is 5.01. The van der Waals surface area contributed by atoms with Gasteiger partial charge in [0.2, 0.25) is 0 Å². The summed E-state index contributed by atoms with van der Waals surface area (Å²) >= 11 is 5.81. The maximum absolute atomic E-state index is 12.1. The summed E-state index contributed by atoms with van der Waals surface area (Å²) in [5.74, 6) is 0.277. The molecule has 0 radical (unpaired) electrons. The summed E-state index contributed by atoms with van der Waals surface area (Å²) in [6, 6.07) is 11.2. The van der Waals surface area contributed by atoms with Gasteiger partial charge in [0.25, 0.3) is 0 Å². The van der Waals surface area contributed by atoms with Crippen molar-refractivity contribution in [2.45, 2.75) is 0 Å². The molecule has 1 aromatic heterocycles. The number of anilines is 3. The third-order valence-corrected chi connectivity index (χ3v) is 3.54. The van der Waals surface area contributed by atoms with Crippen molar-refractivity contribution >= 4 is 35.0 Å². The number of hydrogen-bond donors (Lipinski definition) is 5. The van der Waals surface area contributed by atoms with Crippen molar-refractivity contribution in [3.8, 4) is 17.0 Å². The number of phenols is 1. The SMILES string of the molecule is Nc1ncc(-c2cccc(NC(=O)Nc3ccc(O)c(Cl)c3)c2)[nH]1. The summed E-state index contributed by atoms with van der Waals surface area (Å²) in [5, 5.41) is 14.9. The van der Waals surface area contributed by atoms with E-state index in [0.29, 0.717) is 17.3 Å². The molecule has 1 heterocycles. The van der Waals surface area contributed by atoms with Crippen molar-refractivity contribution in [3.63, 3.8) is 0 Å². The lowest BCUT2D eigenvalue weighted by Gasteiger charge is -2.09. The zero-order chi connectivity index (χ0) is 17.1. The van der Waals surface area contributed by atoms with E-state index in [0.717, 1.165) is 11.3 Å². The van der Waals surface area contributed by atoms with Gasteiger partial charge in [0.15, 0.2) is 5.95 Å². The first-order valence-electron chi connectivity index (χ1n) is 6.99. The largest absolute Gasteiger partial charge is 0.506 e. The van der Waals surface area contributed by atoms with E-state index in [-0.39, 0.29) is 10.8 Å². The lowest BCUT2D eigenvalue weighted by atomic mass is 10.1. The molecule has 24 heavy (non-hydrogen) atoms. The molecule has 7 nitrogen and oxygen atoms in total. The molecule has 2 amide bonds. The van der Waals surface area contributed by atoms with E-state index < -0.39 is 6.03 Å². The molecule has 0 saturated heterocycles. The van der Waals surface area contributed by atoms with E-state index in [1.54, 1.807) is 30.5 Å². The molecule has 0 bridgehead atoms. The molecule has 3 aromatic rings. The lowest BCUT2D eigenvalue weighted by molar-refractivity contribution is 0.262. The number of aromatic amines is 1. The second-order valence-corrected chi connectivity index (χ2v) is 5.42. The maximum Gasteiger partial charge on any atom is 0.323 e. The number of nitrogens with two attached hydrogens (primary N) is 1. The molecular formula is C16H14ClN5O2. The highest BCUT2D eigenvalue weighted by atomic mass is 35.5. The topological polar surface area (TPSA) is 116 Å². The number of aromatic nitrogens is 2. The van der Waals surface area contributed by atoms with Crippen LogP contribution in [0, 0.1) is 0 Å². The Bertz CT molecular complexity index is 894. The summed E-state index contributed by atoms with van der Waals surface area (Å²) in [7, 11) is 0. The highest BCUT2D eigenvalue weighted by Gasteiger charge is 2.07. The van der Waals surface area contributed by atoms with Gasteiger partial charge in [-0.15, -0.1) is 0 Å². The normalized spacial score (nSPS) is 10.4. The number of aromatic hydroxyl groups is 1. The average molecular weight is 344 g/mol. The Hall–Kier alpha value is -3.19. The molecular weight excluding hydrogens is 330 g/mol. The number of hydrogen-bond acceptors (Lipinski definition) is 4. The number of halogens is 1. The third-order valence-electron chi connectivity index (χ3n) is 3.23. The molecule has 6 N–H and O–H groups in total. The van der Waals surface area contributed by atoms with Crippen LogP contribution in [0.25, 0.3) is 11.3 Å². The predicted molar refractivity (Wildman–Crippen MR) is 94.2 cm³/mol. The fourth-order valence-electron chi connectivity index (χ4n) is 2.13. The summed E-state index contributed by atoms with van der Waals surface area (Å²) in [5.41, 5.74) is 8.22. The summed E-state index contributed by atoms with van der Waals surface area (Å²) < 4.78 is 0. The molecule has 0 unspecified atom stereocenters. The number of urea groups is 1. The average Bonchev–Trinajstić information content (AvgIpc) is 2.98. The number of benzene rings is 2. The van der Waals surface area contributed by atoms with E-state index >= 15 is 0 Å². The van der Waals surface area contributed by atoms with Crippen LogP contribution in [0.4, 0.5) is 22.1 Å². The number of carbonyl (C=O) groups excluding carboxylic acids is 1. The van der Waals surface area contributed by atoms with Crippen LogP contribution in [0.2, 0.25) is 5.02 Å². The molecule has 0 aliphatic heterocycles. The number of amides is 2. The number of phenolic OH excluding ortho intramolecular Hbond substituents is 1. The Morgan fingerprint density at radius 3 is 2.58 bits per heavy atom. The molecule has 0 atom stereocenters. The van der Waals surface area contributed by atoms with Crippen LogP contribution >= 0.6 is 11.6 Å². The third kappa shape index (κ3) is 3.58. The van der Waals surface area contributed by atoms with E-state index in [2.05, 4.69) is 20.6 Å². The van der Waals surface area contributed by atoms with E-state index in [9.17, 15) is 9.90 Å². The first-order chi connectivity index (χ1) is 11.5. The monoisotopic (exact) mass is 343 g/mol. The van der Waals surface area contributed by atoms with Gasteiger partial charge in [-0.3, -0.25) is 0 Å². The Labute approximate surface area is 142 Å². The lowest BCUT2D eigenvalue weighted by Crippen LogP contribution is -2.19. The van der Waals surface area contributed by atoms with Crippen LogP contribution in [0.1, 0.15) is 0 Å². The minimum absolute atomic E-state index is 0.0471. The number of carbonyl (C=O) groups is 1. The van der Waals surface area contributed by atoms with E-state index in [4.69, 9.17) is 17.3 Å². The van der Waals surface area contributed by atoms with Gasteiger partial charge >= 0.3 is 6.03 Å². The highest BCUT2D eigenvalue weighted by Crippen LogP contribution is 2.26. The Kier molecular flexibility index (Phi) is 4.26. The fraction of sp³-hybridized carbons (Fsp3) is 0. The molecule has 3 rings (SSSR count). The van der Waals surface area contributed by atoms with E-state index in [1.807, 2.05) is 6.07 Å². The van der Waals surface area contributed by atoms with Crippen molar-refractivity contribution in [3.05, 3.63) is 53.7 Å². The molecule has 8 heteroatoms. The van der Waals surface area contributed by atoms with Crippen molar-refractivity contribution in [1.82, 2.24) is 9.97 Å². The molecule has 0 aliphatic rings. The smallest absolute Gasteiger partial charge is 0.323 e. The molecule has 122 valence electrons. The Balaban J connectivity index is 1.71. The quantitative estimate of drug-likeness (QED) is 0.466. The van der Waals surface area contributed by atoms with Gasteiger partial charge in [0, 0.05) is 16.9 Å². The number of nitrogens with zero attached hydrogens (tertiary/aromatic N) is 1. The second kappa shape index (κ2) is 6.51. The van der Waals surface area contributed by atoms with E-state index in [1.165, 1.54) is 12.1 Å². The molecule has 0 aliphatic carbocycles. The van der Waals surface area contributed by atoms with Crippen LogP contribution in [0.15, 0.2) is 48.7 Å². The number of rotatable bonds is 3. The van der Waals surface area contributed by atoms with Gasteiger partial charge < -0.3 is 26.5 Å².